The number of para-hydroxylation sites is 2. The molecule has 9 aromatic carbocycles. The minimum Gasteiger partial charge on any atom is -0.456 e. The van der Waals surface area contributed by atoms with Crippen molar-refractivity contribution in [2.45, 2.75) is 0 Å². The molecule has 0 aliphatic carbocycles. The van der Waals surface area contributed by atoms with E-state index in [4.69, 9.17) is 23.8 Å². The first-order valence-corrected chi connectivity index (χ1v) is 19.4. The van der Waals surface area contributed by atoms with Gasteiger partial charge in [-0.15, -0.1) is 0 Å². The van der Waals surface area contributed by atoms with Crippen molar-refractivity contribution in [1.29, 1.82) is 0 Å². The molecule has 0 atom stereocenters. The van der Waals surface area contributed by atoms with Crippen molar-refractivity contribution in [3.8, 4) is 56.4 Å². The predicted molar refractivity (Wildman–Crippen MR) is 237 cm³/mol. The lowest BCUT2D eigenvalue weighted by Gasteiger charge is -2.11. The van der Waals surface area contributed by atoms with Crippen molar-refractivity contribution in [1.82, 2.24) is 15.0 Å². The highest BCUT2D eigenvalue weighted by atomic mass is 16.3. The molecular formula is C53H31N3O2. The van der Waals surface area contributed by atoms with Gasteiger partial charge in [0.25, 0.3) is 0 Å². The Morgan fingerprint density at radius 1 is 0.276 bits per heavy atom. The fourth-order valence-electron chi connectivity index (χ4n) is 8.46. The fourth-order valence-corrected chi connectivity index (χ4v) is 8.46. The van der Waals surface area contributed by atoms with Gasteiger partial charge in [0.1, 0.15) is 22.3 Å². The maximum absolute atomic E-state index is 6.28. The van der Waals surface area contributed by atoms with E-state index >= 15 is 0 Å². The normalized spacial score (nSPS) is 11.8. The third kappa shape index (κ3) is 5.29. The van der Waals surface area contributed by atoms with Crippen LogP contribution in [0, 0.1) is 0 Å². The molecule has 12 aromatic rings. The third-order valence-electron chi connectivity index (χ3n) is 11.3. The first-order valence-electron chi connectivity index (χ1n) is 19.4. The van der Waals surface area contributed by atoms with Crippen LogP contribution in [0.2, 0.25) is 0 Å². The van der Waals surface area contributed by atoms with Gasteiger partial charge in [-0.2, -0.15) is 0 Å². The maximum atomic E-state index is 6.28. The summed E-state index contributed by atoms with van der Waals surface area (Å²) in [5, 5.41) is 8.91. The van der Waals surface area contributed by atoms with Gasteiger partial charge in [-0.1, -0.05) is 146 Å². The van der Waals surface area contributed by atoms with Gasteiger partial charge in [0.15, 0.2) is 17.5 Å². The van der Waals surface area contributed by atoms with Gasteiger partial charge in [-0.25, -0.2) is 15.0 Å². The summed E-state index contributed by atoms with van der Waals surface area (Å²) in [6.45, 7) is 0. The van der Waals surface area contributed by atoms with E-state index in [1.807, 2.05) is 48.5 Å². The summed E-state index contributed by atoms with van der Waals surface area (Å²) < 4.78 is 12.4. The Balaban J connectivity index is 0.986. The van der Waals surface area contributed by atoms with Crippen molar-refractivity contribution >= 4 is 65.4 Å². The van der Waals surface area contributed by atoms with E-state index in [0.717, 1.165) is 88.0 Å². The summed E-state index contributed by atoms with van der Waals surface area (Å²) >= 11 is 0. The number of furan rings is 2. The van der Waals surface area contributed by atoms with Gasteiger partial charge in [0, 0.05) is 38.2 Å². The fraction of sp³-hybridized carbons (Fsp3) is 0. The number of nitrogens with zero attached hydrogens (tertiary/aromatic N) is 3. The summed E-state index contributed by atoms with van der Waals surface area (Å²) in [7, 11) is 0. The maximum Gasteiger partial charge on any atom is 0.164 e. The molecule has 0 N–H and O–H groups in total. The van der Waals surface area contributed by atoms with Crippen molar-refractivity contribution in [2.24, 2.45) is 0 Å². The molecule has 3 heterocycles. The van der Waals surface area contributed by atoms with E-state index in [0.29, 0.717) is 17.5 Å². The van der Waals surface area contributed by atoms with Crippen LogP contribution in [0.25, 0.3) is 122 Å². The van der Waals surface area contributed by atoms with E-state index in [2.05, 4.69) is 140 Å². The van der Waals surface area contributed by atoms with Crippen LogP contribution >= 0.6 is 0 Å². The van der Waals surface area contributed by atoms with Crippen LogP contribution in [0.15, 0.2) is 197 Å². The molecule has 0 fully saturated rings. The van der Waals surface area contributed by atoms with Gasteiger partial charge in [-0.3, -0.25) is 0 Å². The van der Waals surface area contributed by atoms with E-state index in [1.165, 1.54) is 16.3 Å². The van der Waals surface area contributed by atoms with E-state index in [1.54, 1.807) is 0 Å². The Kier molecular flexibility index (Phi) is 7.16. The molecule has 0 unspecified atom stereocenters. The highest BCUT2D eigenvalue weighted by molar-refractivity contribution is 6.19. The van der Waals surface area contributed by atoms with Crippen molar-refractivity contribution in [3.05, 3.63) is 188 Å². The average molecular weight is 742 g/mol. The molecule has 0 amide bonds. The Labute approximate surface area is 332 Å². The van der Waals surface area contributed by atoms with E-state index in [9.17, 15) is 0 Å². The summed E-state index contributed by atoms with van der Waals surface area (Å²) in [5.74, 6) is 1.79. The molecule has 0 radical (unpaired) electrons. The zero-order chi connectivity index (χ0) is 38.2. The van der Waals surface area contributed by atoms with Crippen LogP contribution < -0.4 is 0 Å². The molecule has 0 saturated carbocycles. The first kappa shape index (κ1) is 32.4. The SMILES string of the molecule is c1ccc(-c2ccc3ccc(-c4nc(-c5ccc(-c6ccc7c(ccc8oc9ccccc9c87)c6)cc5)nc(-c5cccc6oc7ccccc7c56)n4)cc3c2)cc1. The van der Waals surface area contributed by atoms with Gasteiger partial charge >= 0.3 is 0 Å². The molecule has 0 aliphatic rings. The molecule has 0 saturated heterocycles. The van der Waals surface area contributed by atoms with Gasteiger partial charge in [0.05, 0.1) is 0 Å². The number of benzene rings is 9. The molecule has 270 valence electrons. The molecule has 3 aromatic heterocycles. The highest BCUT2D eigenvalue weighted by Crippen LogP contribution is 2.39. The summed E-state index contributed by atoms with van der Waals surface area (Å²) in [4.78, 5) is 15.5. The molecule has 0 aliphatic heterocycles. The molecule has 12 rings (SSSR count). The second-order valence-corrected chi connectivity index (χ2v) is 14.8. The van der Waals surface area contributed by atoms with Gasteiger partial charge in [-0.05, 0) is 86.3 Å². The summed E-state index contributed by atoms with van der Waals surface area (Å²) in [5.41, 5.74) is 10.7. The van der Waals surface area contributed by atoms with Crippen LogP contribution in [0.5, 0.6) is 0 Å². The molecule has 5 heteroatoms. The molecular weight excluding hydrogens is 711 g/mol. The van der Waals surface area contributed by atoms with Crippen LogP contribution in [0.1, 0.15) is 0 Å². The zero-order valence-corrected chi connectivity index (χ0v) is 31.1. The van der Waals surface area contributed by atoms with Crippen LogP contribution in [-0.4, -0.2) is 15.0 Å². The Morgan fingerprint density at radius 2 is 0.793 bits per heavy atom. The van der Waals surface area contributed by atoms with Gasteiger partial charge < -0.3 is 8.83 Å². The average Bonchev–Trinajstić information content (AvgIpc) is 3.88. The standard InChI is InChI=1S/C53H31N3O2/c1-2-9-32(10-3-1)36-23-19-34-20-24-39(31-40(34)30-36)52-54-51(55-53(56-52)44-13-8-16-47-50(44)43-12-5-7-15-46(43)57-47)35-21-17-33(18-22-35)37-25-27-41-38(29-37)26-28-48-49(41)42-11-4-6-14-45(42)58-48/h1-31H. The van der Waals surface area contributed by atoms with Crippen LogP contribution in [0.3, 0.4) is 0 Å². The molecule has 0 bridgehead atoms. The van der Waals surface area contributed by atoms with Crippen molar-refractivity contribution in [3.63, 3.8) is 0 Å². The lowest BCUT2D eigenvalue weighted by molar-refractivity contribution is 0.668. The monoisotopic (exact) mass is 741 g/mol. The highest BCUT2D eigenvalue weighted by Gasteiger charge is 2.18. The van der Waals surface area contributed by atoms with Crippen LogP contribution in [0.4, 0.5) is 0 Å². The van der Waals surface area contributed by atoms with E-state index < -0.39 is 0 Å². The number of hydrogen-bond acceptors (Lipinski definition) is 5. The number of rotatable bonds is 5. The molecule has 58 heavy (non-hydrogen) atoms. The molecule has 0 spiro atoms. The van der Waals surface area contributed by atoms with Crippen molar-refractivity contribution in [2.75, 3.05) is 0 Å². The number of hydrogen-bond donors (Lipinski definition) is 0. The van der Waals surface area contributed by atoms with E-state index in [-0.39, 0.29) is 0 Å². The topological polar surface area (TPSA) is 65.0 Å². The van der Waals surface area contributed by atoms with Gasteiger partial charge in [0.2, 0.25) is 0 Å². The third-order valence-corrected chi connectivity index (χ3v) is 11.3. The first-order chi connectivity index (χ1) is 28.7. The quantitative estimate of drug-likeness (QED) is 0.176. The Bertz CT molecular complexity index is 3570. The minimum atomic E-state index is 0.590. The largest absolute Gasteiger partial charge is 0.456 e. The minimum absolute atomic E-state index is 0.590. The predicted octanol–water partition coefficient (Wildman–Crippen LogP) is 14.3. The Hall–Kier alpha value is -7.89. The lowest BCUT2D eigenvalue weighted by atomic mass is 9.97. The van der Waals surface area contributed by atoms with Crippen LogP contribution in [-0.2, 0) is 0 Å². The number of fused-ring (bicyclic) bond motifs is 9. The van der Waals surface area contributed by atoms with Crippen molar-refractivity contribution < 1.29 is 8.83 Å². The second kappa shape index (κ2) is 12.8. The summed E-state index contributed by atoms with van der Waals surface area (Å²) in [6.07, 6.45) is 0. The second-order valence-electron chi connectivity index (χ2n) is 14.8. The summed E-state index contributed by atoms with van der Waals surface area (Å²) in [6, 6.07) is 65.3. The smallest absolute Gasteiger partial charge is 0.164 e. The number of aromatic nitrogens is 3. The lowest BCUT2D eigenvalue weighted by Crippen LogP contribution is -2.00. The molecule has 5 nitrogen and oxygen atoms in total. The zero-order valence-electron chi connectivity index (χ0n) is 31.1. The Morgan fingerprint density at radius 3 is 1.57 bits per heavy atom.